The number of rotatable bonds is 5. The first kappa shape index (κ1) is 19.0. The molecule has 1 aromatic rings. The van der Waals surface area contributed by atoms with Gasteiger partial charge in [0.05, 0.1) is 5.75 Å². The summed E-state index contributed by atoms with van der Waals surface area (Å²) in [4.78, 5) is 25.3. The molecule has 3 rings (SSSR count). The number of hydrogen-bond donors (Lipinski definition) is 0. The van der Waals surface area contributed by atoms with Crippen LogP contribution in [-0.2, 0) is 14.8 Å². The van der Waals surface area contributed by atoms with Crippen LogP contribution >= 0.6 is 0 Å². The number of amides is 1. The highest BCUT2D eigenvalue weighted by atomic mass is 32.2. The van der Waals surface area contributed by atoms with Gasteiger partial charge >= 0.3 is 0 Å². The molecule has 0 aromatic carbocycles. The Balaban J connectivity index is 1.49. The molecule has 2 saturated heterocycles. The maximum Gasteiger partial charge on any atom is 0.225 e. The van der Waals surface area contributed by atoms with E-state index in [0.717, 1.165) is 13.1 Å². The van der Waals surface area contributed by atoms with Gasteiger partial charge in [-0.15, -0.1) is 0 Å². The summed E-state index contributed by atoms with van der Waals surface area (Å²) < 4.78 is 25.8. The van der Waals surface area contributed by atoms with Crippen LogP contribution in [0.1, 0.15) is 26.2 Å². The Morgan fingerprint density at radius 3 is 2.27 bits per heavy atom. The number of hydrogen-bond acceptors (Lipinski definition) is 6. The van der Waals surface area contributed by atoms with Gasteiger partial charge in [0.25, 0.3) is 0 Å². The predicted molar refractivity (Wildman–Crippen MR) is 99.2 cm³/mol. The standard InChI is InChI=1S/C17H27N5O3S/c1-2-14-26(24,25)22-8-4-15(5-9-22)16(23)20-10-12-21(13-11-20)17-18-6-3-7-19-17/h3,6-7,15H,2,4-5,8-14H2,1H3. The van der Waals surface area contributed by atoms with Crippen molar-refractivity contribution in [2.24, 2.45) is 5.92 Å². The lowest BCUT2D eigenvalue weighted by Crippen LogP contribution is -2.52. The summed E-state index contributed by atoms with van der Waals surface area (Å²) in [6.07, 6.45) is 5.30. The molecule has 2 aliphatic rings. The van der Waals surface area contributed by atoms with Gasteiger partial charge in [-0.25, -0.2) is 22.7 Å². The second kappa shape index (κ2) is 8.30. The van der Waals surface area contributed by atoms with Crippen molar-refractivity contribution in [3.63, 3.8) is 0 Å². The number of aromatic nitrogens is 2. The Labute approximate surface area is 155 Å². The molecule has 0 spiro atoms. The highest BCUT2D eigenvalue weighted by molar-refractivity contribution is 7.89. The minimum Gasteiger partial charge on any atom is -0.339 e. The van der Waals surface area contributed by atoms with Crippen molar-refractivity contribution < 1.29 is 13.2 Å². The molecule has 0 atom stereocenters. The summed E-state index contributed by atoms with van der Waals surface area (Å²) in [6.45, 7) is 5.54. The fraction of sp³-hybridized carbons (Fsp3) is 0.706. The Morgan fingerprint density at radius 1 is 1.08 bits per heavy atom. The Bertz CT molecular complexity index is 696. The number of piperazine rings is 1. The van der Waals surface area contributed by atoms with Crippen molar-refractivity contribution in [3.05, 3.63) is 18.5 Å². The van der Waals surface area contributed by atoms with Crippen molar-refractivity contribution in [2.45, 2.75) is 26.2 Å². The van der Waals surface area contributed by atoms with Gasteiger partial charge in [0.1, 0.15) is 0 Å². The molecular formula is C17H27N5O3S. The fourth-order valence-corrected chi connectivity index (χ4v) is 5.15. The molecule has 0 aliphatic carbocycles. The zero-order valence-corrected chi connectivity index (χ0v) is 16.1. The second-order valence-corrected chi connectivity index (χ2v) is 8.94. The van der Waals surface area contributed by atoms with Gasteiger partial charge in [0.2, 0.25) is 21.9 Å². The average Bonchev–Trinajstić information content (AvgIpc) is 2.68. The predicted octanol–water partition coefficient (Wildman–Crippen LogP) is 0.577. The van der Waals surface area contributed by atoms with Crippen LogP contribution in [0.15, 0.2) is 18.5 Å². The maximum atomic E-state index is 12.8. The number of nitrogens with zero attached hydrogens (tertiary/aromatic N) is 5. The highest BCUT2D eigenvalue weighted by Gasteiger charge is 2.33. The molecule has 0 N–H and O–H groups in total. The largest absolute Gasteiger partial charge is 0.339 e. The van der Waals surface area contributed by atoms with Crippen molar-refractivity contribution >= 4 is 21.9 Å². The fourth-order valence-electron chi connectivity index (χ4n) is 3.61. The zero-order valence-electron chi connectivity index (χ0n) is 15.2. The molecule has 2 aliphatic heterocycles. The van der Waals surface area contributed by atoms with E-state index in [1.54, 1.807) is 22.8 Å². The Morgan fingerprint density at radius 2 is 1.69 bits per heavy atom. The van der Waals surface area contributed by atoms with Crippen molar-refractivity contribution in [3.8, 4) is 0 Å². The summed E-state index contributed by atoms with van der Waals surface area (Å²) >= 11 is 0. The minimum atomic E-state index is -3.16. The van der Waals surface area contributed by atoms with E-state index in [2.05, 4.69) is 14.9 Å². The number of piperidine rings is 1. The molecule has 144 valence electrons. The first-order chi connectivity index (χ1) is 12.5. The first-order valence-electron chi connectivity index (χ1n) is 9.30. The second-order valence-electron chi connectivity index (χ2n) is 6.85. The van der Waals surface area contributed by atoms with Gasteiger partial charge in [0, 0.05) is 57.6 Å². The maximum absolute atomic E-state index is 12.8. The van der Waals surface area contributed by atoms with Crippen LogP contribution in [0.3, 0.4) is 0 Å². The normalized spacial score (nSPS) is 20.3. The van der Waals surface area contributed by atoms with Gasteiger partial charge in [-0.2, -0.15) is 0 Å². The van der Waals surface area contributed by atoms with Gasteiger partial charge in [0.15, 0.2) is 0 Å². The summed E-state index contributed by atoms with van der Waals surface area (Å²) in [7, 11) is -3.16. The quantitative estimate of drug-likeness (QED) is 0.741. The molecule has 8 nitrogen and oxygen atoms in total. The van der Waals surface area contributed by atoms with Crippen LogP contribution < -0.4 is 4.90 Å². The van der Waals surface area contributed by atoms with Crippen LogP contribution in [0, 0.1) is 5.92 Å². The van der Waals surface area contributed by atoms with Gasteiger partial charge < -0.3 is 9.80 Å². The van der Waals surface area contributed by atoms with Crippen LogP contribution in [0.4, 0.5) is 5.95 Å². The highest BCUT2D eigenvalue weighted by Crippen LogP contribution is 2.23. The third-order valence-corrected chi connectivity index (χ3v) is 7.16. The Hall–Kier alpha value is -1.74. The lowest BCUT2D eigenvalue weighted by Gasteiger charge is -2.38. The number of sulfonamides is 1. The first-order valence-corrected chi connectivity index (χ1v) is 10.9. The lowest BCUT2D eigenvalue weighted by atomic mass is 9.96. The van der Waals surface area contributed by atoms with E-state index in [0.29, 0.717) is 51.4 Å². The molecule has 0 radical (unpaired) electrons. The van der Waals surface area contributed by atoms with E-state index >= 15 is 0 Å². The summed E-state index contributed by atoms with van der Waals surface area (Å²) in [6, 6.07) is 1.79. The van der Waals surface area contributed by atoms with E-state index in [1.807, 2.05) is 11.8 Å². The van der Waals surface area contributed by atoms with Gasteiger partial charge in [-0.3, -0.25) is 4.79 Å². The zero-order chi connectivity index (χ0) is 18.6. The van der Waals surface area contributed by atoms with Gasteiger partial charge in [-0.05, 0) is 25.3 Å². The molecule has 0 unspecified atom stereocenters. The van der Waals surface area contributed by atoms with E-state index in [9.17, 15) is 13.2 Å². The molecule has 1 amide bonds. The van der Waals surface area contributed by atoms with Crippen LogP contribution in [0.2, 0.25) is 0 Å². The SMILES string of the molecule is CCCS(=O)(=O)N1CCC(C(=O)N2CCN(c3ncccn3)CC2)CC1. The van der Waals surface area contributed by atoms with Crippen molar-refractivity contribution in [1.29, 1.82) is 0 Å². The van der Waals surface area contributed by atoms with E-state index in [1.165, 1.54) is 0 Å². The van der Waals surface area contributed by atoms with Gasteiger partial charge in [-0.1, -0.05) is 6.92 Å². The van der Waals surface area contributed by atoms with Crippen molar-refractivity contribution in [2.75, 3.05) is 49.9 Å². The third kappa shape index (κ3) is 4.32. The Kier molecular flexibility index (Phi) is 6.08. The molecule has 2 fully saturated rings. The number of anilines is 1. The minimum absolute atomic E-state index is 0.0670. The molecule has 1 aromatic heterocycles. The molecular weight excluding hydrogens is 354 g/mol. The lowest BCUT2D eigenvalue weighted by molar-refractivity contribution is -0.137. The molecule has 0 saturated carbocycles. The van der Waals surface area contributed by atoms with E-state index in [4.69, 9.17) is 0 Å². The smallest absolute Gasteiger partial charge is 0.225 e. The monoisotopic (exact) mass is 381 g/mol. The van der Waals surface area contributed by atoms with Crippen LogP contribution in [0.25, 0.3) is 0 Å². The summed E-state index contributed by atoms with van der Waals surface area (Å²) in [5, 5.41) is 0. The van der Waals surface area contributed by atoms with E-state index < -0.39 is 10.0 Å². The molecule has 0 bridgehead atoms. The summed E-state index contributed by atoms with van der Waals surface area (Å²) in [5.74, 6) is 0.984. The van der Waals surface area contributed by atoms with Crippen molar-refractivity contribution in [1.82, 2.24) is 19.2 Å². The number of carbonyl (C=O) groups excluding carboxylic acids is 1. The molecule has 9 heteroatoms. The van der Waals surface area contributed by atoms with E-state index in [-0.39, 0.29) is 17.6 Å². The number of carbonyl (C=O) groups is 1. The molecule has 26 heavy (non-hydrogen) atoms. The van der Waals surface area contributed by atoms with Crippen LogP contribution in [0.5, 0.6) is 0 Å². The topological polar surface area (TPSA) is 86.7 Å². The summed E-state index contributed by atoms with van der Waals surface area (Å²) in [5.41, 5.74) is 0. The average molecular weight is 382 g/mol. The molecule has 3 heterocycles. The van der Waals surface area contributed by atoms with Crippen LogP contribution in [-0.4, -0.2) is 78.5 Å². The third-order valence-electron chi connectivity index (χ3n) is 5.08.